The summed E-state index contributed by atoms with van der Waals surface area (Å²) in [5.74, 6) is 0.745. The van der Waals surface area contributed by atoms with Crippen molar-refractivity contribution >= 4 is 11.6 Å². The third-order valence-electron chi connectivity index (χ3n) is 3.72. The van der Waals surface area contributed by atoms with Gasteiger partial charge in [-0.3, -0.25) is 9.20 Å². The molecule has 0 unspecified atom stereocenters. The monoisotopic (exact) mass is 303 g/mol. The molecule has 2 heterocycles. The van der Waals surface area contributed by atoms with Gasteiger partial charge in [-0.1, -0.05) is 20.8 Å². The van der Waals surface area contributed by atoms with Crippen LogP contribution in [0.3, 0.4) is 0 Å². The number of fused-ring (bicyclic) bond motifs is 1. The van der Waals surface area contributed by atoms with Crippen LogP contribution in [-0.4, -0.2) is 40.4 Å². The van der Waals surface area contributed by atoms with Gasteiger partial charge in [0.15, 0.2) is 11.4 Å². The third kappa shape index (κ3) is 2.93. The van der Waals surface area contributed by atoms with Crippen LogP contribution in [-0.2, 0) is 6.42 Å². The molecule has 1 amide bonds. The Bertz CT molecular complexity index is 643. The summed E-state index contributed by atoms with van der Waals surface area (Å²) in [6.07, 6.45) is 4.51. The van der Waals surface area contributed by atoms with Crippen LogP contribution in [0.5, 0.6) is 5.75 Å². The molecule has 0 atom stereocenters. The van der Waals surface area contributed by atoms with Crippen molar-refractivity contribution in [2.24, 2.45) is 0 Å². The molecule has 0 saturated carbocycles. The lowest BCUT2D eigenvalue weighted by Gasteiger charge is -2.21. The van der Waals surface area contributed by atoms with Crippen LogP contribution in [0.1, 0.15) is 49.8 Å². The molecule has 2 aromatic heterocycles. The first-order valence-corrected chi connectivity index (χ1v) is 8.01. The van der Waals surface area contributed by atoms with Gasteiger partial charge in [-0.2, -0.15) is 0 Å². The van der Waals surface area contributed by atoms with Crippen molar-refractivity contribution in [1.82, 2.24) is 14.3 Å². The summed E-state index contributed by atoms with van der Waals surface area (Å²) < 4.78 is 7.23. The zero-order chi connectivity index (χ0) is 16.1. The van der Waals surface area contributed by atoms with Crippen LogP contribution in [0.25, 0.3) is 5.65 Å². The van der Waals surface area contributed by atoms with E-state index in [2.05, 4.69) is 18.8 Å². The van der Waals surface area contributed by atoms with Crippen molar-refractivity contribution in [3.05, 3.63) is 29.7 Å². The lowest BCUT2D eigenvalue weighted by Crippen LogP contribution is -2.33. The molecule has 2 aromatic rings. The highest BCUT2D eigenvalue weighted by Gasteiger charge is 2.23. The standard InChI is InChI=1S/C17H25N3O2/c1-5-10-19(11-6-2)17(21)15-13(7-3)18-16-14(22-4)9-8-12-20(15)16/h8-9,12H,5-7,10-11H2,1-4H3. The minimum absolute atomic E-state index is 0.0568. The molecule has 0 aliphatic rings. The number of nitrogens with zero attached hydrogens (tertiary/aromatic N) is 3. The first-order chi connectivity index (χ1) is 10.7. The van der Waals surface area contributed by atoms with Gasteiger partial charge in [0.05, 0.1) is 12.8 Å². The number of carbonyl (C=O) groups excluding carboxylic acids is 1. The molecule has 0 spiro atoms. The number of ether oxygens (including phenoxy) is 1. The summed E-state index contributed by atoms with van der Waals surface area (Å²) in [4.78, 5) is 19.5. The quantitative estimate of drug-likeness (QED) is 0.789. The van der Waals surface area contributed by atoms with Gasteiger partial charge in [0, 0.05) is 19.3 Å². The Morgan fingerprint density at radius 1 is 1.27 bits per heavy atom. The minimum Gasteiger partial charge on any atom is -0.493 e. The Morgan fingerprint density at radius 3 is 2.50 bits per heavy atom. The van der Waals surface area contributed by atoms with Crippen LogP contribution in [0.15, 0.2) is 18.3 Å². The summed E-state index contributed by atoms with van der Waals surface area (Å²) in [6.45, 7) is 7.75. The number of aryl methyl sites for hydroxylation is 1. The predicted octanol–water partition coefficient (Wildman–Crippen LogP) is 3.17. The van der Waals surface area contributed by atoms with Crippen LogP contribution >= 0.6 is 0 Å². The van der Waals surface area contributed by atoms with Gasteiger partial charge in [0.25, 0.3) is 5.91 Å². The van der Waals surface area contributed by atoms with E-state index in [-0.39, 0.29) is 5.91 Å². The zero-order valence-corrected chi connectivity index (χ0v) is 13.9. The maximum atomic E-state index is 13.0. The SMILES string of the molecule is CCCN(CCC)C(=O)c1c(CC)nc2c(OC)cccn12. The second-order valence-corrected chi connectivity index (χ2v) is 5.32. The maximum Gasteiger partial charge on any atom is 0.272 e. The highest BCUT2D eigenvalue weighted by Crippen LogP contribution is 2.23. The van der Waals surface area contributed by atoms with Gasteiger partial charge in [-0.25, -0.2) is 4.98 Å². The Morgan fingerprint density at radius 2 is 1.95 bits per heavy atom. The summed E-state index contributed by atoms with van der Waals surface area (Å²) in [5, 5.41) is 0. The van der Waals surface area contributed by atoms with Crippen molar-refractivity contribution in [1.29, 1.82) is 0 Å². The molecule has 0 fully saturated rings. The Balaban J connectivity index is 2.55. The van der Waals surface area contributed by atoms with Crippen LogP contribution in [0.4, 0.5) is 0 Å². The van der Waals surface area contributed by atoms with E-state index in [1.165, 1.54) is 0 Å². The summed E-state index contributed by atoms with van der Waals surface area (Å²) in [6, 6.07) is 3.75. The van der Waals surface area contributed by atoms with Gasteiger partial charge in [0.1, 0.15) is 5.69 Å². The van der Waals surface area contributed by atoms with Crippen molar-refractivity contribution in [2.45, 2.75) is 40.0 Å². The lowest BCUT2D eigenvalue weighted by atomic mass is 10.2. The summed E-state index contributed by atoms with van der Waals surface area (Å²) in [7, 11) is 1.62. The van der Waals surface area contributed by atoms with E-state index in [1.807, 2.05) is 34.6 Å². The average Bonchev–Trinajstić information content (AvgIpc) is 2.92. The number of rotatable bonds is 7. The van der Waals surface area contributed by atoms with Crippen molar-refractivity contribution in [3.63, 3.8) is 0 Å². The fourth-order valence-corrected chi connectivity index (χ4v) is 2.73. The maximum absolute atomic E-state index is 13.0. The van der Waals surface area contributed by atoms with Gasteiger partial charge in [-0.15, -0.1) is 0 Å². The first kappa shape index (κ1) is 16.3. The van der Waals surface area contributed by atoms with E-state index in [0.717, 1.165) is 38.0 Å². The van der Waals surface area contributed by atoms with Gasteiger partial charge in [0.2, 0.25) is 0 Å². The van der Waals surface area contributed by atoms with E-state index in [0.29, 0.717) is 17.1 Å². The normalized spacial score (nSPS) is 10.9. The Kier molecular flexibility index (Phi) is 5.41. The van der Waals surface area contributed by atoms with Crippen molar-refractivity contribution < 1.29 is 9.53 Å². The molecule has 120 valence electrons. The van der Waals surface area contributed by atoms with E-state index < -0.39 is 0 Å². The van der Waals surface area contributed by atoms with Gasteiger partial charge >= 0.3 is 0 Å². The molecular weight excluding hydrogens is 278 g/mol. The fourth-order valence-electron chi connectivity index (χ4n) is 2.73. The number of methoxy groups -OCH3 is 1. The second kappa shape index (κ2) is 7.29. The van der Waals surface area contributed by atoms with E-state index in [4.69, 9.17) is 4.74 Å². The molecule has 0 aliphatic heterocycles. The molecular formula is C17H25N3O2. The number of carbonyl (C=O) groups is 1. The largest absolute Gasteiger partial charge is 0.493 e. The number of amides is 1. The zero-order valence-electron chi connectivity index (χ0n) is 13.9. The lowest BCUT2D eigenvalue weighted by molar-refractivity contribution is 0.0747. The highest BCUT2D eigenvalue weighted by molar-refractivity contribution is 5.95. The molecule has 2 rings (SSSR count). The third-order valence-corrected chi connectivity index (χ3v) is 3.72. The number of aromatic nitrogens is 2. The van der Waals surface area contributed by atoms with E-state index in [1.54, 1.807) is 7.11 Å². The molecule has 0 N–H and O–H groups in total. The number of pyridine rings is 1. The number of hydrogen-bond acceptors (Lipinski definition) is 3. The van der Waals surface area contributed by atoms with Crippen LogP contribution < -0.4 is 4.74 Å². The average molecular weight is 303 g/mol. The molecule has 0 aliphatic carbocycles. The molecule has 0 aromatic carbocycles. The minimum atomic E-state index is 0.0568. The summed E-state index contributed by atoms with van der Waals surface area (Å²) in [5.41, 5.74) is 2.20. The van der Waals surface area contributed by atoms with Gasteiger partial charge < -0.3 is 9.64 Å². The Labute approximate surface area is 131 Å². The van der Waals surface area contributed by atoms with Crippen LogP contribution in [0, 0.1) is 0 Å². The predicted molar refractivity (Wildman–Crippen MR) is 87.6 cm³/mol. The molecule has 0 bridgehead atoms. The van der Waals surface area contributed by atoms with E-state index >= 15 is 0 Å². The number of imidazole rings is 1. The Hall–Kier alpha value is -2.04. The van der Waals surface area contributed by atoms with E-state index in [9.17, 15) is 4.79 Å². The van der Waals surface area contributed by atoms with Crippen molar-refractivity contribution in [2.75, 3.05) is 20.2 Å². The fraction of sp³-hybridized carbons (Fsp3) is 0.529. The summed E-state index contributed by atoms with van der Waals surface area (Å²) >= 11 is 0. The molecule has 0 radical (unpaired) electrons. The molecule has 5 heteroatoms. The van der Waals surface area contributed by atoms with Gasteiger partial charge in [-0.05, 0) is 31.4 Å². The molecule has 22 heavy (non-hydrogen) atoms. The molecule has 0 saturated heterocycles. The first-order valence-electron chi connectivity index (χ1n) is 8.01. The van der Waals surface area contributed by atoms with Crippen molar-refractivity contribution in [3.8, 4) is 5.75 Å². The molecule has 5 nitrogen and oxygen atoms in total. The number of hydrogen-bond donors (Lipinski definition) is 0. The van der Waals surface area contributed by atoms with Crippen LogP contribution in [0.2, 0.25) is 0 Å². The topological polar surface area (TPSA) is 46.8 Å². The second-order valence-electron chi connectivity index (χ2n) is 5.32. The smallest absolute Gasteiger partial charge is 0.272 e. The highest BCUT2D eigenvalue weighted by atomic mass is 16.5.